The van der Waals surface area contributed by atoms with Gasteiger partial charge in [0.05, 0.1) is 11.4 Å². The summed E-state index contributed by atoms with van der Waals surface area (Å²) in [5.74, 6) is 0. The summed E-state index contributed by atoms with van der Waals surface area (Å²) in [4.78, 5) is 4.61. The van der Waals surface area contributed by atoms with Gasteiger partial charge in [-0.15, -0.1) is 11.3 Å². The van der Waals surface area contributed by atoms with Crippen molar-refractivity contribution < 1.29 is 4.52 Å². The molecule has 5 heteroatoms. The lowest BCUT2D eigenvalue weighted by molar-refractivity contribution is 0.408. The molecule has 0 aliphatic rings. The van der Waals surface area contributed by atoms with Gasteiger partial charge in [-0.3, -0.25) is 0 Å². The van der Waals surface area contributed by atoms with E-state index in [0.717, 1.165) is 28.5 Å². The Morgan fingerprint density at radius 3 is 2.79 bits per heavy atom. The molecule has 4 nitrogen and oxygen atoms in total. The van der Waals surface area contributed by atoms with Gasteiger partial charge in [0.15, 0.2) is 0 Å². The fourth-order valence-electron chi connectivity index (χ4n) is 1.76. The van der Waals surface area contributed by atoms with Crippen molar-refractivity contribution >= 4 is 11.3 Å². The van der Waals surface area contributed by atoms with Crippen LogP contribution in [0.2, 0.25) is 0 Å². The van der Waals surface area contributed by atoms with Crippen LogP contribution in [0.4, 0.5) is 0 Å². The van der Waals surface area contributed by atoms with Crippen molar-refractivity contribution in [3.8, 4) is 11.3 Å². The molecule has 2 aromatic heterocycles. The quantitative estimate of drug-likeness (QED) is 0.774. The van der Waals surface area contributed by atoms with Gasteiger partial charge in [0.2, 0.25) is 0 Å². The number of benzene rings is 1. The molecule has 3 rings (SSSR count). The number of aromatic nitrogens is 2. The molecule has 0 atom stereocenters. The van der Waals surface area contributed by atoms with E-state index in [0.29, 0.717) is 6.54 Å². The minimum Gasteiger partial charge on any atom is -0.364 e. The van der Waals surface area contributed by atoms with Crippen molar-refractivity contribution in [3.63, 3.8) is 0 Å². The van der Waals surface area contributed by atoms with Crippen LogP contribution in [0.5, 0.6) is 0 Å². The monoisotopic (exact) mass is 271 g/mol. The lowest BCUT2D eigenvalue weighted by Gasteiger charge is -1.98. The summed E-state index contributed by atoms with van der Waals surface area (Å²) in [7, 11) is 0. The molecule has 0 aliphatic heterocycles. The topological polar surface area (TPSA) is 51.0 Å². The van der Waals surface area contributed by atoms with Crippen molar-refractivity contribution in [1.29, 1.82) is 0 Å². The summed E-state index contributed by atoms with van der Waals surface area (Å²) in [6.45, 7) is 1.43. The molecule has 0 radical (unpaired) electrons. The summed E-state index contributed by atoms with van der Waals surface area (Å²) >= 11 is 1.66. The lowest BCUT2D eigenvalue weighted by atomic mass is 10.2. The number of rotatable bonds is 5. The first-order valence-electron chi connectivity index (χ1n) is 6.01. The fourth-order valence-corrected chi connectivity index (χ4v) is 2.53. The van der Waals surface area contributed by atoms with E-state index in [9.17, 15) is 0 Å². The Morgan fingerprint density at radius 2 is 2.00 bits per heavy atom. The van der Waals surface area contributed by atoms with Crippen molar-refractivity contribution in [2.75, 3.05) is 0 Å². The average Bonchev–Trinajstić information content (AvgIpc) is 3.11. The molecule has 1 N–H and O–H groups in total. The van der Waals surface area contributed by atoms with Gasteiger partial charge < -0.3 is 9.84 Å². The molecule has 0 spiro atoms. The Bertz CT molecular complexity index is 619. The zero-order valence-electron chi connectivity index (χ0n) is 10.2. The molecule has 1 aromatic carbocycles. The van der Waals surface area contributed by atoms with Crippen molar-refractivity contribution in [2.45, 2.75) is 13.1 Å². The van der Waals surface area contributed by atoms with Crippen LogP contribution in [-0.2, 0) is 13.1 Å². The third-order valence-electron chi connectivity index (χ3n) is 2.69. The number of hydrogen-bond donors (Lipinski definition) is 1. The molecule has 2 heterocycles. The van der Waals surface area contributed by atoms with Crippen LogP contribution in [0.25, 0.3) is 11.3 Å². The Labute approximate surface area is 115 Å². The normalized spacial score (nSPS) is 10.7. The molecule has 3 aromatic rings. The minimum atomic E-state index is 0.691. The summed E-state index contributed by atoms with van der Waals surface area (Å²) in [6, 6.07) is 12.1. The van der Waals surface area contributed by atoms with Gasteiger partial charge >= 0.3 is 0 Å². The van der Waals surface area contributed by atoms with Gasteiger partial charge in [-0.25, -0.2) is 4.98 Å². The largest absolute Gasteiger partial charge is 0.364 e. The minimum absolute atomic E-state index is 0.691. The Hall–Kier alpha value is -1.98. The van der Waals surface area contributed by atoms with Crippen molar-refractivity contribution in [3.05, 3.63) is 58.7 Å². The van der Waals surface area contributed by atoms with E-state index in [1.165, 1.54) is 0 Å². The first-order valence-corrected chi connectivity index (χ1v) is 6.89. The second kappa shape index (κ2) is 5.77. The summed E-state index contributed by atoms with van der Waals surface area (Å²) in [6.07, 6.45) is 1.58. The van der Waals surface area contributed by atoms with Crippen LogP contribution >= 0.6 is 11.3 Å². The third-order valence-corrected chi connectivity index (χ3v) is 3.54. The van der Waals surface area contributed by atoms with E-state index in [1.807, 2.05) is 24.3 Å². The molecular formula is C14H13N3OS. The van der Waals surface area contributed by atoms with Crippen LogP contribution in [0.3, 0.4) is 0 Å². The van der Waals surface area contributed by atoms with Gasteiger partial charge in [-0.05, 0) is 0 Å². The number of hydrogen-bond acceptors (Lipinski definition) is 5. The predicted octanol–water partition coefficient (Wildman–Crippen LogP) is 3.09. The fraction of sp³-hybridized carbons (Fsp3) is 0.143. The van der Waals surface area contributed by atoms with Crippen LogP contribution in [0, 0.1) is 0 Å². The highest BCUT2D eigenvalue weighted by Gasteiger charge is 2.04. The van der Waals surface area contributed by atoms with E-state index in [1.54, 1.807) is 17.6 Å². The Balaban J connectivity index is 1.59. The summed E-state index contributed by atoms with van der Waals surface area (Å²) < 4.78 is 4.78. The molecule has 0 saturated carbocycles. The highest BCUT2D eigenvalue weighted by Crippen LogP contribution is 2.21. The highest BCUT2D eigenvalue weighted by atomic mass is 32.1. The lowest BCUT2D eigenvalue weighted by Crippen LogP contribution is -2.12. The molecule has 96 valence electrons. The average molecular weight is 271 g/mol. The molecule has 0 bridgehead atoms. The molecular weight excluding hydrogens is 258 g/mol. The second-order valence-corrected chi connectivity index (χ2v) is 5.03. The Morgan fingerprint density at radius 1 is 1.11 bits per heavy atom. The molecule has 0 fully saturated rings. The van der Waals surface area contributed by atoms with Crippen LogP contribution in [-0.4, -0.2) is 10.1 Å². The molecule has 0 aliphatic carbocycles. The molecule has 0 saturated heterocycles. The van der Waals surface area contributed by atoms with Crippen LogP contribution in [0.1, 0.15) is 10.7 Å². The molecule has 0 amide bonds. The number of nitrogens with one attached hydrogen (secondary N) is 1. The van der Waals surface area contributed by atoms with Crippen molar-refractivity contribution in [1.82, 2.24) is 15.5 Å². The standard InChI is InChI=1S/C14H13N3OS/c1-2-4-11(5-3-1)13-10-19-14(16-13)9-15-8-12-6-7-18-17-12/h1-7,10,15H,8-9H2. The zero-order valence-corrected chi connectivity index (χ0v) is 11.1. The summed E-state index contributed by atoms with van der Waals surface area (Å²) in [5, 5.41) is 10.3. The van der Waals surface area contributed by atoms with Gasteiger partial charge in [0.25, 0.3) is 0 Å². The van der Waals surface area contributed by atoms with Gasteiger partial charge in [-0.2, -0.15) is 0 Å². The third kappa shape index (κ3) is 3.07. The predicted molar refractivity (Wildman–Crippen MR) is 74.6 cm³/mol. The van der Waals surface area contributed by atoms with Gasteiger partial charge in [0, 0.05) is 30.1 Å². The maximum atomic E-state index is 4.78. The first-order chi connectivity index (χ1) is 9.42. The highest BCUT2D eigenvalue weighted by molar-refractivity contribution is 7.09. The van der Waals surface area contributed by atoms with E-state index in [-0.39, 0.29) is 0 Å². The van der Waals surface area contributed by atoms with E-state index < -0.39 is 0 Å². The van der Waals surface area contributed by atoms with E-state index >= 15 is 0 Å². The first kappa shape index (κ1) is 12.1. The maximum absolute atomic E-state index is 4.78. The maximum Gasteiger partial charge on any atom is 0.124 e. The number of nitrogens with zero attached hydrogens (tertiary/aromatic N) is 2. The number of thiazole rings is 1. The zero-order chi connectivity index (χ0) is 12.9. The van der Waals surface area contributed by atoms with E-state index in [2.05, 4.69) is 33.0 Å². The van der Waals surface area contributed by atoms with Crippen LogP contribution in [0.15, 0.2) is 52.6 Å². The Kier molecular flexibility index (Phi) is 3.67. The smallest absolute Gasteiger partial charge is 0.124 e. The van der Waals surface area contributed by atoms with Gasteiger partial charge in [0.1, 0.15) is 11.3 Å². The van der Waals surface area contributed by atoms with Crippen molar-refractivity contribution in [2.24, 2.45) is 0 Å². The van der Waals surface area contributed by atoms with E-state index in [4.69, 9.17) is 4.52 Å². The SMILES string of the molecule is c1ccc(-c2csc(CNCc3ccon3)n2)cc1. The molecule has 0 unspecified atom stereocenters. The molecule has 19 heavy (non-hydrogen) atoms. The van der Waals surface area contributed by atoms with Crippen LogP contribution < -0.4 is 5.32 Å². The summed E-state index contributed by atoms with van der Waals surface area (Å²) in [5.41, 5.74) is 3.09. The second-order valence-electron chi connectivity index (χ2n) is 4.09. The van der Waals surface area contributed by atoms with Gasteiger partial charge in [-0.1, -0.05) is 35.5 Å².